The van der Waals surface area contributed by atoms with Gasteiger partial charge in [0.1, 0.15) is 5.82 Å². The number of nitrogens with one attached hydrogen (secondary N) is 1. The summed E-state index contributed by atoms with van der Waals surface area (Å²) in [5.74, 6) is 1.19. The zero-order valence-corrected chi connectivity index (χ0v) is 11.5. The second-order valence-electron chi connectivity index (χ2n) is 5.51. The summed E-state index contributed by atoms with van der Waals surface area (Å²) < 4.78 is 2.24. The Kier molecular flexibility index (Phi) is 2.86. The Morgan fingerprint density at radius 1 is 1.33 bits per heavy atom. The van der Waals surface area contributed by atoms with Crippen LogP contribution in [0.5, 0.6) is 0 Å². The van der Waals surface area contributed by atoms with Crippen LogP contribution < -0.4 is 5.32 Å². The van der Waals surface area contributed by atoms with E-state index in [2.05, 4.69) is 42.9 Å². The fourth-order valence-corrected chi connectivity index (χ4v) is 2.58. The highest BCUT2D eigenvalue weighted by Gasteiger charge is 2.20. The first-order valence-electron chi connectivity index (χ1n) is 6.81. The minimum Gasteiger partial charge on any atom is -0.331 e. The summed E-state index contributed by atoms with van der Waals surface area (Å²) in [5, 5.41) is 3.55. The molecule has 1 saturated carbocycles. The lowest BCUT2D eigenvalue weighted by Gasteiger charge is -2.04. The first kappa shape index (κ1) is 11.7. The number of aryl methyl sites for hydroxylation is 3. The molecular formula is C15H21N3. The van der Waals surface area contributed by atoms with E-state index in [1.165, 1.54) is 35.3 Å². The van der Waals surface area contributed by atoms with Crippen molar-refractivity contribution < 1.29 is 0 Å². The van der Waals surface area contributed by atoms with Gasteiger partial charge < -0.3 is 9.88 Å². The molecule has 96 valence electrons. The normalized spacial score (nSPS) is 15.5. The Balaban J connectivity index is 1.87. The van der Waals surface area contributed by atoms with Gasteiger partial charge in [0.2, 0.25) is 0 Å². The van der Waals surface area contributed by atoms with Crippen molar-refractivity contribution >= 4 is 11.0 Å². The Labute approximate surface area is 108 Å². The summed E-state index contributed by atoms with van der Waals surface area (Å²) in [6.07, 6.45) is 3.71. The second-order valence-corrected chi connectivity index (χ2v) is 5.51. The number of hydrogen-bond acceptors (Lipinski definition) is 2. The molecule has 1 aromatic heterocycles. The highest BCUT2D eigenvalue weighted by Crippen LogP contribution is 2.21. The SMILES string of the molecule is Cc1cc(C)c2nc(CCNC3CC3)n(C)c2c1. The van der Waals surface area contributed by atoms with Crippen molar-refractivity contribution in [1.82, 2.24) is 14.9 Å². The first-order valence-corrected chi connectivity index (χ1v) is 6.81. The number of nitrogens with zero attached hydrogens (tertiary/aromatic N) is 2. The molecule has 3 heteroatoms. The van der Waals surface area contributed by atoms with Crippen LogP contribution in [0.2, 0.25) is 0 Å². The van der Waals surface area contributed by atoms with Gasteiger partial charge in [0.05, 0.1) is 11.0 Å². The zero-order chi connectivity index (χ0) is 12.7. The molecule has 1 aromatic carbocycles. The second kappa shape index (κ2) is 4.39. The van der Waals surface area contributed by atoms with E-state index in [4.69, 9.17) is 4.98 Å². The number of imidazole rings is 1. The van der Waals surface area contributed by atoms with Gasteiger partial charge in [-0.3, -0.25) is 0 Å². The lowest BCUT2D eigenvalue weighted by Crippen LogP contribution is -2.20. The number of hydrogen-bond donors (Lipinski definition) is 1. The van der Waals surface area contributed by atoms with Gasteiger partial charge in [0, 0.05) is 26.1 Å². The van der Waals surface area contributed by atoms with Crippen LogP contribution in [-0.4, -0.2) is 22.1 Å². The van der Waals surface area contributed by atoms with E-state index in [0.717, 1.165) is 24.5 Å². The molecular weight excluding hydrogens is 222 g/mol. The molecule has 1 aliphatic rings. The maximum Gasteiger partial charge on any atom is 0.110 e. The predicted octanol–water partition coefficient (Wildman–Crippen LogP) is 2.48. The zero-order valence-electron chi connectivity index (χ0n) is 11.5. The maximum absolute atomic E-state index is 4.79. The van der Waals surface area contributed by atoms with Gasteiger partial charge >= 0.3 is 0 Å². The van der Waals surface area contributed by atoms with Gasteiger partial charge in [0.15, 0.2) is 0 Å². The summed E-state index contributed by atoms with van der Waals surface area (Å²) >= 11 is 0. The van der Waals surface area contributed by atoms with E-state index in [9.17, 15) is 0 Å². The lowest BCUT2D eigenvalue weighted by atomic mass is 10.1. The molecule has 0 aliphatic heterocycles. The van der Waals surface area contributed by atoms with E-state index in [1.807, 2.05) is 0 Å². The number of rotatable bonds is 4. The van der Waals surface area contributed by atoms with E-state index in [0.29, 0.717) is 0 Å². The van der Waals surface area contributed by atoms with Gasteiger partial charge in [-0.15, -0.1) is 0 Å². The Bertz CT molecular complexity index is 579. The van der Waals surface area contributed by atoms with E-state index >= 15 is 0 Å². The third-order valence-corrected chi connectivity index (χ3v) is 3.77. The molecule has 0 amide bonds. The van der Waals surface area contributed by atoms with Crippen molar-refractivity contribution in [3.8, 4) is 0 Å². The molecule has 2 aromatic rings. The Hall–Kier alpha value is -1.35. The monoisotopic (exact) mass is 243 g/mol. The van der Waals surface area contributed by atoms with Crippen LogP contribution in [0.3, 0.4) is 0 Å². The van der Waals surface area contributed by atoms with Crippen molar-refractivity contribution in [2.75, 3.05) is 6.54 Å². The summed E-state index contributed by atoms with van der Waals surface area (Å²) in [5.41, 5.74) is 5.01. The highest BCUT2D eigenvalue weighted by molar-refractivity contribution is 5.80. The van der Waals surface area contributed by atoms with Gasteiger partial charge in [-0.25, -0.2) is 4.98 Å². The van der Waals surface area contributed by atoms with Crippen molar-refractivity contribution in [2.24, 2.45) is 7.05 Å². The summed E-state index contributed by atoms with van der Waals surface area (Å²) in [6, 6.07) is 5.22. The van der Waals surface area contributed by atoms with Crippen LogP contribution in [0.15, 0.2) is 12.1 Å². The molecule has 0 unspecified atom stereocenters. The minimum absolute atomic E-state index is 0.781. The average molecular weight is 243 g/mol. The van der Waals surface area contributed by atoms with Crippen LogP contribution in [0.25, 0.3) is 11.0 Å². The van der Waals surface area contributed by atoms with E-state index < -0.39 is 0 Å². The number of benzene rings is 1. The first-order chi connectivity index (χ1) is 8.65. The van der Waals surface area contributed by atoms with Gasteiger partial charge in [0.25, 0.3) is 0 Å². The molecule has 18 heavy (non-hydrogen) atoms. The van der Waals surface area contributed by atoms with Gasteiger partial charge in [-0.05, 0) is 43.9 Å². The fraction of sp³-hybridized carbons (Fsp3) is 0.533. The molecule has 0 bridgehead atoms. The molecule has 1 heterocycles. The maximum atomic E-state index is 4.79. The molecule has 0 atom stereocenters. The Morgan fingerprint density at radius 2 is 2.11 bits per heavy atom. The topological polar surface area (TPSA) is 29.9 Å². The molecule has 0 spiro atoms. The van der Waals surface area contributed by atoms with Crippen LogP contribution in [0.1, 0.15) is 29.8 Å². The van der Waals surface area contributed by atoms with Crippen molar-refractivity contribution in [2.45, 2.75) is 39.2 Å². The minimum atomic E-state index is 0.781. The summed E-state index contributed by atoms with van der Waals surface area (Å²) in [7, 11) is 2.13. The van der Waals surface area contributed by atoms with E-state index in [-0.39, 0.29) is 0 Å². The third kappa shape index (κ3) is 2.15. The highest BCUT2D eigenvalue weighted by atomic mass is 15.1. The van der Waals surface area contributed by atoms with Crippen molar-refractivity contribution in [3.63, 3.8) is 0 Å². The standard InChI is InChI=1S/C15H21N3/c1-10-8-11(2)15-13(9-10)18(3)14(17-15)6-7-16-12-4-5-12/h8-9,12,16H,4-7H2,1-3H3. The van der Waals surface area contributed by atoms with Crippen molar-refractivity contribution in [1.29, 1.82) is 0 Å². The van der Waals surface area contributed by atoms with Crippen LogP contribution in [0.4, 0.5) is 0 Å². The van der Waals surface area contributed by atoms with Gasteiger partial charge in [-0.2, -0.15) is 0 Å². The fourth-order valence-electron chi connectivity index (χ4n) is 2.58. The van der Waals surface area contributed by atoms with Gasteiger partial charge in [-0.1, -0.05) is 6.07 Å². The molecule has 0 radical (unpaired) electrons. The molecule has 0 saturated heterocycles. The molecule has 1 N–H and O–H groups in total. The molecule has 3 rings (SSSR count). The summed E-state index contributed by atoms with van der Waals surface area (Å²) in [6.45, 7) is 5.34. The lowest BCUT2D eigenvalue weighted by molar-refractivity contribution is 0.654. The van der Waals surface area contributed by atoms with E-state index in [1.54, 1.807) is 0 Å². The molecule has 1 fully saturated rings. The Morgan fingerprint density at radius 3 is 2.83 bits per heavy atom. The number of fused-ring (bicyclic) bond motifs is 1. The van der Waals surface area contributed by atoms with Crippen molar-refractivity contribution in [3.05, 3.63) is 29.1 Å². The smallest absolute Gasteiger partial charge is 0.110 e. The van der Waals surface area contributed by atoms with Crippen LogP contribution in [0, 0.1) is 13.8 Å². The van der Waals surface area contributed by atoms with Crippen LogP contribution in [-0.2, 0) is 13.5 Å². The average Bonchev–Trinajstić information content (AvgIpc) is 3.08. The van der Waals surface area contributed by atoms with Crippen LogP contribution >= 0.6 is 0 Å². The molecule has 3 nitrogen and oxygen atoms in total. The molecule has 1 aliphatic carbocycles. The predicted molar refractivity (Wildman–Crippen MR) is 74.9 cm³/mol. The third-order valence-electron chi connectivity index (χ3n) is 3.77. The quantitative estimate of drug-likeness (QED) is 0.894. The summed E-state index contributed by atoms with van der Waals surface area (Å²) in [4.78, 5) is 4.79. The number of aromatic nitrogens is 2. The largest absolute Gasteiger partial charge is 0.331 e.